The highest BCUT2D eigenvalue weighted by atomic mass is 32.2. The van der Waals surface area contributed by atoms with Crippen LogP contribution in [-0.4, -0.2) is 38.4 Å². The minimum Gasteiger partial charge on any atom is -0.312 e. The first-order valence-corrected chi connectivity index (χ1v) is 8.90. The third kappa shape index (κ3) is 3.10. The van der Waals surface area contributed by atoms with Crippen molar-refractivity contribution in [2.45, 2.75) is 24.6 Å². The molecule has 0 amide bonds. The number of hydrogen-bond acceptors (Lipinski definition) is 4. The fraction of sp³-hybridized carbons (Fsp3) is 0.533. The van der Waals surface area contributed by atoms with Crippen molar-refractivity contribution in [3.8, 4) is 6.07 Å². The highest BCUT2D eigenvalue weighted by molar-refractivity contribution is 7.88. The SMILES string of the molecule is N#Cc1ccc(CS(=O)(=O)N2CC3CCCNC3C2)cc1. The lowest BCUT2D eigenvalue weighted by Gasteiger charge is -2.24. The molecule has 0 aliphatic carbocycles. The monoisotopic (exact) mass is 305 g/mol. The molecule has 5 nitrogen and oxygen atoms in total. The number of piperidine rings is 1. The zero-order valence-electron chi connectivity index (χ0n) is 11.8. The van der Waals surface area contributed by atoms with E-state index in [1.165, 1.54) is 0 Å². The van der Waals surface area contributed by atoms with Crippen LogP contribution in [-0.2, 0) is 15.8 Å². The van der Waals surface area contributed by atoms with Gasteiger partial charge in [-0.2, -0.15) is 9.57 Å². The van der Waals surface area contributed by atoms with Gasteiger partial charge in [-0.3, -0.25) is 0 Å². The average Bonchev–Trinajstić information content (AvgIpc) is 2.92. The van der Waals surface area contributed by atoms with E-state index >= 15 is 0 Å². The first kappa shape index (κ1) is 14.5. The first-order chi connectivity index (χ1) is 10.1. The van der Waals surface area contributed by atoms with Crippen LogP contribution in [0.15, 0.2) is 24.3 Å². The number of sulfonamides is 1. The third-order valence-electron chi connectivity index (χ3n) is 4.39. The molecule has 2 aliphatic rings. The Labute approximate surface area is 125 Å². The quantitative estimate of drug-likeness (QED) is 0.906. The summed E-state index contributed by atoms with van der Waals surface area (Å²) < 4.78 is 26.7. The van der Waals surface area contributed by atoms with E-state index in [2.05, 4.69) is 5.32 Å². The van der Waals surface area contributed by atoms with E-state index in [-0.39, 0.29) is 5.75 Å². The van der Waals surface area contributed by atoms with Crippen molar-refractivity contribution in [3.63, 3.8) is 0 Å². The van der Waals surface area contributed by atoms with Crippen molar-refractivity contribution in [3.05, 3.63) is 35.4 Å². The average molecular weight is 305 g/mol. The summed E-state index contributed by atoms with van der Waals surface area (Å²) >= 11 is 0. The molecular formula is C15H19N3O2S. The Bertz CT molecular complexity index is 634. The maximum Gasteiger partial charge on any atom is 0.218 e. The van der Waals surface area contributed by atoms with Gasteiger partial charge in [-0.25, -0.2) is 8.42 Å². The summed E-state index contributed by atoms with van der Waals surface area (Å²) in [5, 5.41) is 12.2. The molecule has 0 bridgehead atoms. The molecule has 21 heavy (non-hydrogen) atoms. The van der Waals surface area contributed by atoms with E-state index in [1.807, 2.05) is 6.07 Å². The second-order valence-corrected chi connectivity index (χ2v) is 7.81. The number of rotatable bonds is 3. The molecule has 6 heteroatoms. The molecule has 0 saturated carbocycles. The molecule has 2 aliphatic heterocycles. The van der Waals surface area contributed by atoms with Crippen LogP contribution in [0.2, 0.25) is 0 Å². The summed E-state index contributed by atoms with van der Waals surface area (Å²) in [5.74, 6) is 0.465. The molecule has 1 aromatic carbocycles. The van der Waals surface area contributed by atoms with Crippen molar-refractivity contribution in [1.29, 1.82) is 5.26 Å². The zero-order chi connectivity index (χ0) is 14.9. The van der Waals surface area contributed by atoms with E-state index in [4.69, 9.17) is 5.26 Å². The maximum atomic E-state index is 12.5. The summed E-state index contributed by atoms with van der Waals surface area (Å²) in [4.78, 5) is 0. The van der Waals surface area contributed by atoms with Crippen molar-refractivity contribution >= 4 is 10.0 Å². The van der Waals surface area contributed by atoms with E-state index in [1.54, 1.807) is 28.6 Å². The minimum atomic E-state index is -3.28. The molecule has 2 unspecified atom stereocenters. The van der Waals surface area contributed by atoms with Gasteiger partial charge in [0.25, 0.3) is 0 Å². The molecular weight excluding hydrogens is 286 g/mol. The normalized spacial score (nSPS) is 26.2. The first-order valence-electron chi connectivity index (χ1n) is 7.29. The number of nitriles is 1. The van der Waals surface area contributed by atoms with Crippen LogP contribution in [0.3, 0.4) is 0 Å². The summed E-state index contributed by atoms with van der Waals surface area (Å²) in [6.07, 6.45) is 2.24. The fourth-order valence-electron chi connectivity index (χ4n) is 3.21. The summed E-state index contributed by atoms with van der Waals surface area (Å²) in [7, 11) is -3.28. The molecule has 1 N–H and O–H groups in total. The largest absolute Gasteiger partial charge is 0.312 e. The van der Waals surface area contributed by atoms with Gasteiger partial charge in [-0.1, -0.05) is 12.1 Å². The van der Waals surface area contributed by atoms with Crippen LogP contribution in [0.5, 0.6) is 0 Å². The Hall–Kier alpha value is -1.42. The Kier molecular flexibility index (Phi) is 3.98. The van der Waals surface area contributed by atoms with Crippen LogP contribution in [0, 0.1) is 17.2 Å². The molecule has 0 aromatic heterocycles. The molecule has 0 radical (unpaired) electrons. The van der Waals surface area contributed by atoms with Gasteiger partial charge in [-0.05, 0) is 43.0 Å². The smallest absolute Gasteiger partial charge is 0.218 e. The van der Waals surface area contributed by atoms with Crippen molar-refractivity contribution in [2.24, 2.45) is 5.92 Å². The summed E-state index contributed by atoms with van der Waals surface area (Å²) in [5.41, 5.74) is 1.28. The topological polar surface area (TPSA) is 73.2 Å². The second kappa shape index (κ2) is 5.76. The van der Waals surface area contributed by atoms with Crippen LogP contribution >= 0.6 is 0 Å². The standard InChI is InChI=1S/C15H19N3O2S/c16-8-12-3-5-13(6-4-12)11-21(19,20)18-9-14-2-1-7-17-15(14)10-18/h3-6,14-15,17H,1-2,7,9-11H2. The Morgan fingerprint density at radius 3 is 2.71 bits per heavy atom. The summed E-state index contributed by atoms with van der Waals surface area (Å²) in [6.45, 7) is 2.21. The van der Waals surface area contributed by atoms with Crippen molar-refractivity contribution in [2.75, 3.05) is 19.6 Å². The van der Waals surface area contributed by atoms with E-state index < -0.39 is 10.0 Å². The maximum absolute atomic E-state index is 12.5. The van der Waals surface area contributed by atoms with Crippen LogP contribution in [0.1, 0.15) is 24.0 Å². The fourth-order valence-corrected chi connectivity index (χ4v) is 4.81. The predicted molar refractivity (Wildman–Crippen MR) is 79.9 cm³/mol. The number of hydrogen-bond donors (Lipinski definition) is 1. The number of fused-ring (bicyclic) bond motifs is 1. The molecule has 112 valence electrons. The van der Waals surface area contributed by atoms with Gasteiger partial charge >= 0.3 is 0 Å². The number of nitrogens with one attached hydrogen (secondary N) is 1. The van der Waals surface area contributed by atoms with Gasteiger partial charge in [0.2, 0.25) is 10.0 Å². The lowest BCUT2D eigenvalue weighted by Crippen LogP contribution is -2.41. The second-order valence-electron chi connectivity index (χ2n) is 5.84. The van der Waals surface area contributed by atoms with Gasteiger partial charge < -0.3 is 5.32 Å². The number of benzene rings is 1. The zero-order valence-corrected chi connectivity index (χ0v) is 12.6. The molecule has 0 spiro atoms. The third-order valence-corrected chi connectivity index (χ3v) is 6.17. The van der Waals surface area contributed by atoms with Gasteiger partial charge in [0.1, 0.15) is 0 Å². The highest BCUT2D eigenvalue weighted by Crippen LogP contribution is 2.27. The number of nitrogens with zero attached hydrogens (tertiary/aromatic N) is 2. The van der Waals surface area contributed by atoms with Gasteiger partial charge in [0.05, 0.1) is 17.4 Å². The van der Waals surface area contributed by atoms with E-state index in [0.29, 0.717) is 30.6 Å². The molecule has 3 rings (SSSR count). The van der Waals surface area contributed by atoms with Gasteiger partial charge in [-0.15, -0.1) is 0 Å². The Morgan fingerprint density at radius 1 is 1.29 bits per heavy atom. The van der Waals surface area contributed by atoms with E-state index in [0.717, 1.165) is 24.9 Å². The molecule has 2 atom stereocenters. The highest BCUT2D eigenvalue weighted by Gasteiger charge is 2.39. The molecule has 2 heterocycles. The van der Waals surface area contributed by atoms with Crippen molar-refractivity contribution in [1.82, 2.24) is 9.62 Å². The molecule has 1 aromatic rings. The molecule has 2 saturated heterocycles. The lowest BCUT2D eigenvalue weighted by atomic mass is 9.94. The van der Waals surface area contributed by atoms with Gasteiger partial charge in [0, 0.05) is 19.1 Å². The lowest BCUT2D eigenvalue weighted by molar-refractivity contribution is 0.339. The Morgan fingerprint density at radius 2 is 2.05 bits per heavy atom. The van der Waals surface area contributed by atoms with E-state index in [9.17, 15) is 8.42 Å². The molecule has 2 fully saturated rings. The van der Waals surface area contributed by atoms with Gasteiger partial charge in [0.15, 0.2) is 0 Å². The van der Waals surface area contributed by atoms with Crippen LogP contribution in [0.4, 0.5) is 0 Å². The Balaban J connectivity index is 1.70. The van der Waals surface area contributed by atoms with Crippen molar-refractivity contribution < 1.29 is 8.42 Å². The van der Waals surface area contributed by atoms with Crippen LogP contribution < -0.4 is 5.32 Å². The van der Waals surface area contributed by atoms with Crippen LogP contribution in [0.25, 0.3) is 0 Å². The minimum absolute atomic E-state index is 0.0121. The predicted octanol–water partition coefficient (Wildman–Crippen LogP) is 1.07. The summed E-state index contributed by atoms with van der Waals surface area (Å²) in [6, 6.07) is 9.12.